The van der Waals surface area contributed by atoms with Crippen molar-refractivity contribution in [2.75, 3.05) is 0 Å². The Kier molecular flexibility index (Phi) is 3.28. The lowest BCUT2D eigenvalue weighted by atomic mass is 10.2. The maximum atomic E-state index is 10.8. The van der Waals surface area contributed by atoms with Crippen molar-refractivity contribution >= 4 is 12.0 Å². The zero-order valence-electron chi connectivity index (χ0n) is 8.98. The lowest BCUT2D eigenvalue weighted by molar-refractivity contribution is -0.384. The Bertz CT molecular complexity index is 567. The van der Waals surface area contributed by atoms with Crippen LogP contribution in [-0.4, -0.2) is 21.4 Å². The van der Waals surface area contributed by atoms with E-state index in [9.17, 15) is 14.9 Å². The van der Waals surface area contributed by atoms with Crippen molar-refractivity contribution in [3.05, 3.63) is 46.1 Å². The molecule has 92 valence electrons. The lowest BCUT2D eigenvalue weighted by Crippen LogP contribution is -2.00. The molecule has 8 heteroatoms. The fraction of sp³-hybridized carbons (Fsp3) is 0.100. The highest BCUT2D eigenvalue weighted by Gasteiger charge is 2.12. The molecule has 18 heavy (non-hydrogen) atoms. The number of aromatic nitrogens is 2. The quantitative estimate of drug-likeness (QED) is 0.447. The number of aldehydes is 1. The number of nitro benzene ring substituents is 1. The van der Waals surface area contributed by atoms with Gasteiger partial charge in [0.1, 0.15) is 5.75 Å². The molecule has 2 rings (SSSR count). The third kappa shape index (κ3) is 2.48. The van der Waals surface area contributed by atoms with Crippen LogP contribution < -0.4 is 4.74 Å². The molecule has 0 spiro atoms. The number of non-ortho nitro benzene ring substituents is 1. The smallest absolute Gasteiger partial charge is 0.270 e. The molecule has 0 aliphatic heterocycles. The Balaban J connectivity index is 2.17. The second kappa shape index (κ2) is 5.04. The standard InChI is InChI=1S/C10H7N3O5/c14-4-7-3-8(13(15)16)1-2-9(7)17-5-10-11-6-18-12-10/h1-4,6H,5H2. The predicted octanol–water partition coefficient (Wildman–Crippen LogP) is 1.37. The normalized spacial score (nSPS) is 10.0. The Morgan fingerprint density at radius 3 is 2.94 bits per heavy atom. The molecule has 0 aliphatic rings. The van der Waals surface area contributed by atoms with Crippen LogP contribution in [0.3, 0.4) is 0 Å². The first kappa shape index (κ1) is 11.7. The van der Waals surface area contributed by atoms with Crippen LogP contribution in [0.2, 0.25) is 0 Å². The number of nitrogens with zero attached hydrogens (tertiary/aromatic N) is 3. The van der Waals surface area contributed by atoms with Gasteiger partial charge in [-0.1, -0.05) is 5.16 Å². The van der Waals surface area contributed by atoms with Crippen LogP contribution in [0.15, 0.2) is 29.1 Å². The van der Waals surface area contributed by atoms with Crippen molar-refractivity contribution in [1.82, 2.24) is 10.1 Å². The van der Waals surface area contributed by atoms with E-state index in [0.29, 0.717) is 12.1 Å². The summed E-state index contributed by atoms with van der Waals surface area (Å²) in [6.07, 6.45) is 1.63. The van der Waals surface area contributed by atoms with Gasteiger partial charge in [0.05, 0.1) is 10.5 Å². The van der Waals surface area contributed by atoms with Gasteiger partial charge in [0.15, 0.2) is 12.9 Å². The van der Waals surface area contributed by atoms with Gasteiger partial charge in [-0.15, -0.1) is 0 Å². The Labute approximate surface area is 100 Å². The van der Waals surface area contributed by atoms with E-state index in [1.54, 1.807) is 0 Å². The van der Waals surface area contributed by atoms with E-state index in [1.807, 2.05) is 0 Å². The molecular formula is C10H7N3O5. The van der Waals surface area contributed by atoms with Crippen LogP contribution in [0, 0.1) is 10.1 Å². The van der Waals surface area contributed by atoms with Crippen LogP contribution >= 0.6 is 0 Å². The molecule has 0 amide bonds. The van der Waals surface area contributed by atoms with E-state index in [1.165, 1.54) is 12.1 Å². The summed E-state index contributed by atoms with van der Waals surface area (Å²) in [4.78, 5) is 24.5. The van der Waals surface area contributed by atoms with Crippen molar-refractivity contribution in [2.24, 2.45) is 0 Å². The van der Waals surface area contributed by atoms with Crippen molar-refractivity contribution in [2.45, 2.75) is 6.61 Å². The third-order valence-corrected chi connectivity index (χ3v) is 2.09. The molecule has 1 heterocycles. The van der Waals surface area contributed by atoms with Crippen LogP contribution in [0.25, 0.3) is 0 Å². The summed E-state index contributed by atoms with van der Waals surface area (Å²) >= 11 is 0. The third-order valence-electron chi connectivity index (χ3n) is 2.09. The summed E-state index contributed by atoms with van der Waals surface area (Å²) in [5.74, 6) is 0.533. The molecule has 0 unspecified atom stereocenters. The van der Waals surface area contributed by atoms with E-state index in [0.717, 1.165) is 12.5 Å². The molecular weight excluding hydrogens is 242 g/mol. The molecule has 0 saturated carbocycles. The molecule has 0 saturated heterocycles. The summed E-state index contributed by atoms with van der Waals surface area (Å²) in [6, 6.07) is 3.74. The van der Waals surface area contributed by atoms with Gasteiger partial charge >= 0.3 is 0 Å². The first-order valence-electron chi connectivity index (χ1n) is 4.82. The number of hydrogen-bond acceptors (Lipinski definition) is 7. The minimum absolute atomic E-state index is 0.00908. The number of hydrogen-bond donors (Lipinski definition) is 0. The molecule has 0 bridgehead atoms. The van der Waals surface area contributed by atoms with Gasteiger partial charge in [-0.05, 0) is 6.07 Å². The topological polar surface area (TPSA) is 108 Å². The molecule has 2 aromatic rings. The summed E-state index contributed by atoms with van der Waals surface area (Å²) < 4.78 is 9.78. The zero-order valence-corrected chi connectivity index (χ0v) is 8.98. The number of benzene rings is 1. The van der Waals surface area contributed by atoms with Crippen LogP contribution in [0.5, 0.6) is 5.75 Å². The number of carbonyl (C=O) groups is 1. The van der Waals surface area contributed by atoms with Crippen molar-refractivity contribution < 1.29 is 19.0 Å². The molecule has 8 nitrogen and oxygen atoms in total. The number of nitro groups is 1. The maximum absolute atomic E-state index is 10.8. The van der Waals surface area contributed by atoms with Gasteiger partial charge in [-0.2, -0.15) is 4.98 Å². The molecule has 1 aromatic heterocycles. The van der Waals surface area contributed by atoms with Crippen molar-refractivity contribution in [1.29, 1.82) is 0 Å². The van der Waals surface area contributed by atoms with Gasteiger partial charge in [0, 0.05) is 12.1 Å². The summed E-state index contributed by atoms with van der Waals surface area (Å²) in [5, 5.41) is 14.1. The fourth-order valence-electron chi connectivity index (χ4n) is 1.27. The van der Waals surface area contributed by atoms with E-state index in [4.69, 9.17) is 4.74 Å². The molecule has 0 aliphatic carbocycles. The SMILES string of the molecule is O=Cc1cc([N+](=O)[O-])ccc1OCc1ncon1. The van der Waals surface area contributed by atoms with Gasteiger partial charge in [0.25, 0.3) is 5.69 Å². The first-order chi connectivity index (χ1) is 8.70. The van der Waals surface area contributed by atoms with Crippen molar-refractivity contribution in [3.63, 3.8) is 0 Å². The predicted molar refractivity (Wildman–Crippen MR) is 57.1 cm³/mol. The lowest BCUT2D eigenvalue weighted by Gasteiger charge is -2.05. The van der Waals surface area contributed by atoms with Crippen molar-refractivity contribution in [3.8, 4) is 5.75 Å². The first-order valence-corrected chi connectivity index (χ1v) is 4.82. The summed E-state index contributed by atoms with van der Waals surface area (Å²) in [6.45, 7) is 0.00908. The Morgan fingerprint density at radius 1 is 1.50 bits per heavy atom. The van der Waals surface area contributed by atoms with Crippen LogP contribution in [0.1, 0.15) is 16.2 Å². The monoisotopic (exact) mass is 249 g/mol. The van der Waals surface area contributed by atoms with E-state index >= 15 is 0 Å². The van der Waals surface area contributed by atoms with Gasteiger partial charge in [-0.25, -0.2) is 0 Å². The van der Waals surface area contributed by atoms with E-state index in [-0.39, 0.29) is 23.6 Å². The summed E-state index contributed by atoms with van der Waals surface area (Å²) in [7, 11) is 0. The molecule has 0 N–H and O–H groups in total. The highest BCUT2D eigenvalue weighted by Crippen LogP contribution is 2.23. The molecule has 1 aromatic carbocycles. The van der Waals surface area contributed by atoms with E-state index in [2.05, 4.69) is 14.7 Å². The van der Waals surface area contributed by atoms with Gasteiger partial charge in [0.2, 0.25) is 12.2 Å². The zero-order chi connectivity index (χ0) is 13.0. The van der Waals surface area contributed by atoms with Gasteiger partial charge < -0.3 is 9.26 Å². The highest BCUT2D eigenvalue weighted by molar-refractivity contribution is 5.80. The minimum atomic E-state index is -0.587. The Hall–Kier alpha value is -2.77. The number of carbonyl (C=O) groups excluding carboxylic acids is 1. The average Bonchev–Trinajstić information content (AvgIpc) is 2.89. The number of ether oxygens (including phenoxy) is 1. The van der Waals surface area contributed by atoms with Crippen LogP contribution in [-0.2, 0) is 6.61 Å². The highest BCUT2D eigenvalue weighted by atomic mass is 16.6. The second-order valence-corrected chi connectivity index (χ2v) is 3.23. The molecule has 0 radical (unpaired) electrons. The maximum Gasteiger partial charge on any atom is 0.270 e. The largest absolute Gasteiger partial charge is 0.485 e. The van der Waals surface area contributed by atoms with Crippen LogP contribution in [0.4, 0.5) is 5.69 Å². The second-order valence-electron chi connectivity index (χ2n) is 3.23. The minimum Gasteiger partial charge on any atom is -0.485 e. The number of rotatable bonds is 5. The average molecular weight is 249 g/mol. The van der Waals surface area contributed by atoms with Gasteiger partial charge in [-0.3, -0.25) is 14.9 Å². The van der Waals surface area contributed by atoms with E-state index < -0.39 is 4.92 Å². The summed E-state index contributed by atoms with van der Waals surface area (Å²) in [5.41, 5.74) is -0.0864. The molecule has 0 atom stereocenters. The fourth-order valence-corrected chi connectivity index (χ4v) is 1.27. The molecule has 0 fully saturated rings. The Morgan fingerprint density at radius 2 is 2.33 bits per heavy atom.